The Labute approximate surface area is 139 Å². The highest BCUT2D eigenvalue weighted by molar-refractivity contribution is 7.89. The van der Waals surface area contributed by atoms with Crippen molar-refractivity contribution in [2.75, 3.05) is 33.3 Å². The molecule has 1 aromatic carbocycles. The van der Waals surface area contributed by atoms with Crippen LogP contribution in [0.25, 0.3) is 0 Å². The molecule has 1 saturated carbocycles. The number of piperazine rings is 1. The summed E-state index contributed by atoms with van der Waals surface area (Å²) in [5.41, 5.74) is 0. The van der Waals surface area contributed by atoms with Gasteiger partial charge in [0.05, 0.1) is 7.11 Å². The number of nitrogens with zero attached hydrogens (tertiary/aromatic N) is 2. The SMILES string of the molecule is COc1ccccc1S(=O)(=O)N1CCN(C2CCCCC2)CC1. The average molecular weight is 338 g/mol. The van der Waals surface area contributed by atoms with Gasteiger partial charge >= 0.3 is 0 Å². The maximum atomic E-state index is 12.9. The summed E-state index contributed by atoms with van der Waals surface area (Å²) in [7, 11) is -1.97. The Kier molecular flexibility index (Phi) is 5.24. The van der Waals surface area contributed by atoms with Crippen molar-refractivity contribution >= 4 is 10.0 Å². The van der Waals surface area contributed by atoms with Gasteiger partial charge in [-0.2, -0.15) is 4.31 Å². The molecule has 23 heavy (non-hydrogen) atoms. The van der Waals surface area contributed by atoms with Crippen LogP contribution >= 0.6 is 0 Å². The van der Waals surface area contributed by atoms with Crippen LogP contribution in [0.1, 0.15) is 32.1 Å². The fourth-order valence-corrected chi connectivity index (χ4v) is 5.30. The maximum Gasteiger partial charge on any atom is 0.246 e. The first-order valence-electron chi connectivity index (χ1n) is 8.50. The Hall–Kier alpha value is -1.11. The molecule has 1 aromatic rings. The van der Waals surface area contributed by atoms with Crippen LogP contribution in [0.4, 0.5) is 0 Å². The maximum absolute atomic E-state index is 12.9. The van der Waals surface area contributed by atoms with E-state index in [-0.39, 0.29) is 4.90 Å². The Morgan fingerprint density at radius 1 is 1.00 bits per heavy atom. The minimum Gasteiger partial charge on any atom is -0.495 e. The van der Waals surface area contributed by atoms with E-state index in [0.29, 0.717) is 24.9 Å². The third-order valence-corrected chi connectivity index (χ3v) is 6.99. The molecule has 3 rings (SSSR count). The van der Waals surface area contributed by atoms with Crippen molar-refractivity contribution in [2.45, 2.75) is 43.0 Å². The number of hydrogen-bond acceptors (Lipinski definition) is 4. The molecule has 6 heteroatoms. The van der Waals surface area contributed by atoms with Gasteiger partial charge in [0.15, 0.2) is 0 Å². The van der Waals surface area contributed by atoms with E-state index in [2.05, 4.69) is 4.90 Å². The average Bonchev–Trinajstić information content (AvgIpc) is 2.62. The Morgan fingerprint density at radius 3 is 2.30 bits per heavy atom. The number of rotatable bonds is 4. The van der Waals surface area contributed by atoms with Crippen LogP contribution in [-0.2, 0) is 10.0 Å². The Morgan fingerprint density at radius 2 is 1.65 bits per heavy atom. The second kappa shape index (κ2) is 7.20. The summed E-state index contributed by atoms with van der Waals surface area (Å²) in [6.07, 6.45) is 6.49. The van der Waals surface area contributed by atoms with Gasteiger partial charge in [-0.3, -0.25) is 4.90 Å². The third-order valence-electron chi connectivity index (χ3n) is 5.05. The topological polar surface area (TPSA) is 49.9 Å². The first-order chi connectivity index (χ1) is 11.1. The second-order valence-corrected chi connectivity index (χ2v) is 8.29. The van der Waals surface area contributed by atoms with E-state index in [0.717, 1.165) is 13.1 Å². The summed E-state index contributed by atoms with van der Waals surface area (Å²) in [6, 6.07) is 7.51. The van der Waals surface area contributed by atoms with Gasteiger partial charge < -0.3 is 4.74 Å². The number of para-hydroxylation sites is 1. The van der Waals surface area contributed by atoms with E-state index >= 15 is 0 Å². The Balaban J connectivity index is 1.68. The van der Waals surface area contributed by atoms with Crippen LogP contribution in [0, 0.1) is 0 Å². The van der Waals surface area contributed by atoms with Crippen LogP contribution < -0.4 is 4.74 Å². The predicted molar refractivity (Wildman–Crippen MR) is 90.2 cm³/mol. The fourth-order valence-electron chi connectivity index (χ4n) is 3.73. The van der Waals surface area contributed by atoms with Gasteiger partial charge in [-0.15, -0.1) is 0 Å². The number of methoxy groups -OCH3 is 1. The monoisotopic (exact) mass is 338 g/mol. The zero-order chi connectivity index (χ0) is 16.3. The zero-order valence-electron chi connectivity index (χ0n) is 13.8. The number of hydrogen-bond donors (Lipinski definition) is 0. The number of benzene rings is 1. The molecule has 0 radical (unpaired) electrons. The minimum atomic E-state index is -3.48. The van der Waals surface area contributed by atoms with E-state index < -0.39 is 10.0 Å². The van der Waals surface area contributed by atoms with Gasteiger partial charge in [-0.1, -0.05) is 31.4 Å². The first kappa shape index (κ1) is 16.7. The highest BCUT2D eigenvalue weighted by atomic mass is 32.2. The molecule has 2 fully saturated rings. The Bertz CT molecular complexity index is 618. The van der Waals surface area contributed by atoms with E-state index in [1.165, 1.54) is 39.2 Å². The molecule has 1 aliphatic carbocycles. The highest BCUT2D eigenvalue weighted by Gasteiger charge is 2.32. The van der Waals surface area contributed by atoms with Crippen molar-refractivity contribution in [1.82, 2.24) is 9.21 Å². The van der Waals surface area contributed by atoms with Gasteiger partial charge in [0, 0.05) is 32.2 Å². The molecule has 1 aliphatic heterocycles. The van der Waals surface area contributed by atoms with Crippen LogP contribution in [0.15, 0.2) is 29.2 Å². The van der Waals surface area contributed by atoms with Crippen molar-refractivity contribution in [2.24, 2.45) is 0 Å². The van der Waals surface area contributed by atoms with Gasteiger partial charge in [0.2, 0.25) is 10.0 Å². The molecule has 0 bridgehead atoms. The zero-order valence-corrected chi connectivity index (χ0v) is 14.6. The molecule has 0 N–H and O–H groups in total. The van der Waals surface area contributed by atoms with Crippen LogP contribution in [-0.4, -0.2) is 57.0 Å². The van der Waals surface area contributed by atoms with E-state index in [1.54, 1.807) is 28.6 Å². The third kappa shape index (κ3) is 3.54. The molecule has 2 aliphatic rings. The molecule has 0 aromatic heterocycles. The summed E-state index contributed by atoms with van der Waals surface area (Å²) in [5.74, 6) is 0.419. The standard InChI is InChI=1S/C17H26N2O3S/c1-22-16-9-5-6-10-17(16)23(20,21)19-13-11-18(12-14-19)15-7-3-2-4-8-15/h5-6,9-10,15H,2-4,7-8,11-14H2,1H3. The van der Waals surface area contributed by atoms with Crippen molar-refractivity contribution in [3.8, 4) is 5.75 Å². The molecule has 1 heterocycles. The van der Waals surface area contributed by atoms with E-state index in [4.69, 9.17) is 4.74 Å². The molecular formula is C17H26N2O3S. The normalized spacial score (nSPS) is 22.1. The summed E-state index contributed by atoms with van der Waals surface area (Å²) < 4.78 is 32.6. The van der Waals surface area contributed by atoms with Gasteiger partial charge in [-0.25, -0.2) is 8.42 Å². The predicted octanol–water partition coefficient (Wildman–Crippen LogP) is 2.33. The molecule has 0 atom stereocenters. The number of sulfonamides is 1. The lowest BCUT2D eigenvalue weighted by atomic mass is 9.94. The van der Waals surface area contributed by atoms with Crippen molar-refractivity contribution in [3.05, 3.63) is 24.3 Å². The molecule has 0 spiro atoms. The smallest absolute Gasteiger partial charge is 0.246 e. The molecule has 0 unspecified atom stereocenters. The quantitative estimate of drug-likeness (QED) is 0.845. The summed E-state index contributed by atoms with van der Waals surface area (Å²) >= 11 is 0. The van der Waals surface area contributed by atoms with Crippen LogP contribution in [0.2, 0.25) is 0 Å². The largest absolute Gasteiger partial charge is 0.495 e. The molecule has 1 saturated heterocycles. The summed E-state index contributed by atoms with van der Waals surface area (Å²) in [6.45, 7) is 2.80. The van der Waals surface area contributed by atoms with Gasteiger partial charge in [0.1, 0.15) is 10.6 Å². The molecule has 0 amide bonds. The van der Waals surface area contributed by atoms with Crippen LogP contribution in [0.5, 0.6) is 5.75 Å². The lowest BCUT2D eigenvalue weighted by molar-refractivity contribution is 0.111. The summed E-state index contributed by atoms with van der Waals surface area (Å²) in [4.78, 5) is 2.75. The van der Waals surface area contributed by atoms with E-state index in [1.807, 2.05) is 0 Å². The lowest BCUT2D eigenvalue weighted by Gasteiger charge is -2.40. The van der Waals surface area contributed by atoms with Crippen molar-refractivity contribution in [3.63, 3.8) is 0 Å². The first-order valence-corrected chi connectivity index (χ1v) is 9.94. The highest BCUT2D eigenvalue weighted by Crippen LogP contribution is 2.28. The van der Waals surface area contributed by atoms with Gasteiger partial charge in [-0.05, 0) is 25.0 Å². The van der Waals surface area contributed by atoms with Crippen molar-refractivity contribution in [1.29, 1.82) is 0 Å². The molecule has 5 nitrogen and oxygen atoms in total. The van der Waals surface area contributed by atoms with E-state index in [9.17, 15) is 8.42 Å². The second-order valence-electron chi connectivity index (χ2n) is 6.38. The molecular weight excluding hydrogens is 312 g/mol. The van der Waals surface area contributed by atoms with Gasteiger partial charge in [0.25, 0.3) is 0 Å². The lowest BCUT2D eigenvalue weighted by Crippen LogP contribution is -2.52. The van der Waals surface area contributed by atoms with Crippen LogP contribution in [0.3, 0.4) is 0 Å². The summed E-state index contributed by atoms with van der Waals surface area (Å²) in [5, 5.41) is 0. The fraction of sp³-hybridized carbons (Fsp3) is 0.647. The van der Waals surface area contributed by atoms with Crippen molar-refractivity contribution < 1.29 is 13.2 Å². The molecule has 128 valence electrons. The number of ether oxygens (including phenoxy) is 1. The minimum absolute atomic E-state index is 0.272.